The lowest BCUT2D eigenvalue weighted by Gasteiger charge is -2.46. The van der Waals surface area contributed by atoms with E-state index in [1.165, 1.54) is 0 Å². The van der Waals surface area contributed by atoms with E-state index in [1.54, 1.807) is 0 Å². The highest BCUT2D eigenvalue weighted by Crippen LogP contribution is 2.42. The zero-order chi connectivity index (χ0) is 27.8. The third-order valence-electron chi connectivity index (χ3n) is 8.93. The van der Waals surface area contributed by atoms with Gasteiger partial charge in [-0.3, -0.25) is 0 Å². The number of aliphatic hydroxyl groups excluding tert-OH is 1. The maximum absolute atomic E-state index is 10.3. The van der Waals surface area contributed by atoms with Gasteiger partial charge in [0.05, 0.1) is 18.3 Å². The molecule has 0 bridgehead atoms. The van der Waals surface area contributed by atoms with Crippen LogP contribution >= 0.6 is 0 Å². The lowest BCUT2D eigenvalue weighted by atomic mass is 9.83. The Morgan fingerprint density at radius 1 is 0.857 bits per heavy atom. The van der Waals surface area contributed by atoms with Gasteiger partial charge in [0.2, 0.25) is 0 Å². The molecule has 0 amide bonds. The minimum atomic E-state index is -2.04. The molecular formula is C29H62O4Si2. The van der Waals surface area contributed by atoms with Gasteiger partial charge < -0.3 is 18.7 Å². The SMILES string of the molecule is C/C=C/C[C@H](C)[C@@H](OC)[C@@H](C)[C@@H](C[C@@H](O[Si](C)(C)C(C)(C)C)[C@H](CC)CO)O[Si](C)(C)C(C)(C)C. The van der Waals surface area contributed by atoms with Gasteiger partial charge in [-0.05, 0) is 68.4 Å². The summed E-state index contributed by atoms with van der Waals surface area (Å²) < 4.78 is 20.3. The molecule has 0 spiro atoms. The van der Waals surface area contributed by atoms with Crippen LogP contribution in [0.4, 0.5) is 0 Å². The normalized spacial score (nSPS) is 19.4. The maximum atomic E-state index is 10.3. The van der Waals surface area contributed by atoms with Crippen molar-refractivity contribution in [1.82, 2.24) is 0 Å². The molecule has 0 rings (SSSR count). The molecule has 0 aromatic rings. The Balaban J connectivity index is 6.38. The van der Waals surface area contributed by atoms with Gasteiger partial charge in [-0.1, -0.05) is 74.5 Å². The van der Waals surface area contributed by atoms with Gasteiger partial charge >= 0.3 is 0 Å². The first kappa shape index (κ1) is 35.0. The number of hydrogen-bond acceptors (Lipinski definition) is 4. The van der Waals surface area contributed by atoms with E-state index < -0.39 is 16.6 Å². The molecule has 0 aliphatic carbocycles. The number of aliphatic hydroxyl groups is 1. The highest BCUT2D eigenvalue weighted by atomic mass is 28.4. The maximum Gasteiger partial charge on any atom is 0.192 e. The monoisotopic (exact) mass is 530 g/mol. The van der Waals surface area contributed by atoms with Crippen molar-refractivity contribution in [3.63, 3.8) is 0 Å². The summed E-state index contributed by atoms with van der Waals surface area (Å²) in [5.74, 6) is 0.690. The Morgan fingerprint density at radius 2 is 1.31 bits per heavy atom. The highest BCUT2D eigenvalue weighted by molar-refractivity contribution is 6.74. The summed E-state index contributed by atoms with van der Waals surface area (Å²) in [5.41, 5.74) is 0. The fourth-order valence-electron chi connectivity index (χ4n) is 4.22. The van der Waals surface area contributed by atoms with Crippen molar-refractivity contribution in [1.29, 1.82) is 0 Å². The first-order valence-corrected chi connectivity index (χ1v) is 19.7. The molecular weight excluding hydrogens is 468 g/mol. The fourth-order valence-corrected chi connectivity index (χ4v) is 7.04. The Bertz CT molecular complexity index is 615. The molecule has 0 fully saturated rings. The third-order valence-corrected chi connectivity index (χ3v) is 17.9. The molecule has 0 aromatic carbocycles. The predicted octanol–water partition coefficient (Wildman–Crippen LogP) is 8.43. The number of allylic oxidation sites excluding steroid dienone is 2. The van der Waals surface area contributed by atoms with E-state index in [2.05, 4.69) is 108 Å². The van der Waals surface area contributed by atoms with Crippen molar-refractivity contribution in [2.45, 2.75) is 143 Å². The highest BCUT2D eigenvalue weighted by Gasteiger charge is 2.45. The molecule has 0 heterocycles. The van der Waals surface area contributed by atoms with E-state index in [1.807, 2.05) is 7.11 Å². The van der Waals surface area contributed by atoms with Crippen LogP contribution in [0.3, 0.4) is 0 Å². The van der Waals surface area contributed by atoms with Crippen molar-refractivity contribution < 1.29 is 18.7 Å². The second kappa shape index (κ2) is 14.2. The molecule has 0 saturated heterocycles. The Morgan fingerprint density at radius 3 is 1.66 bits per heavy atom. The van der Waals surface area contributed by atoms with Gasteiger partial charge in [0.1, 0.15) is 0 Å². The summed E-state index contributed by atoms with van der Waals surface area (Å²) in [5, 5.41) is 10.5. The van der Waals surface area contributed by atoms with Crippen LogP contribution in [-0.2, 0) is 13.6 Å². The Labute approximate surface area is 221 Å². The van der Waals surface area contributed by atoms with Gasteiger partial charge in [-0.15, -0.1) is 0 Å². The second-order valence-corrected chi connectivity index (χ2v) is 23.3. The van der Waals surface area contributed by atoms with Gasteiger partial charge in [-0.2, -0.15) is 0 Å². The average molecular weight is 531 g/mol. The van der Waals surface area contributed by atoms with Crippen LogP contribution in [0.2, 0.25) is 36.3 Å². The zero-order valence-electron chi connectivity index (χ0n) is 26.1. The first-order valence-electron chi connectivity index (χ1n) is 13.9. The summed E-state index contributed by atoms with van der Waals surface area (Å²) in [6.07, 6.45) is 7.07. The second-order valence-electron chi connectivity index (χ2n) is 13.8. The van der Waals surface area contributed by atoms with Gasteiger partial charge in [0.25, 0.3) is 0 Å². The lowest BCUT2D eigenvalue weighted by molar-refractivity contribution is -0.0493. The lowest BCUT2D eigenvalue weighted by Crippen LogP contribution is -2.52. The number of methoxy groups -OCH3 is 1. The molecule has 0 radical (unpaired) electrons. The molecule has 0 unspecified atom stereocenters. The molecule has 4 nitrogen and oxygen atoms in total. The Hall–Kier alpha value is 0.0138. The van der Waals surface area contributed by atoms with E-state index in [9.17, 15) is 5.11 Å². The van der Waals surface area contributed by atoms with Crippen molar-refractivity contribution in [2.75, 3.05) is 13.7 Å². The van der Waals surface area contributed by atoms with Crippen molar-refractivity contribution >= 4 is 16.6 Å². The number of ether oxygens (including phenoxy) is 1. The summed E-state index contributed by atoms with van der Waals surface area (Å²) in [7, 11) is -2.24. The van der Waals surface area contributed by atoms with Gasteiger partial charge in [0.15, 0.2) is 16.6 Å². The molecule has 0 aliphatic heterocycles. The minimum absolute atomic E-state index is 0.00395. The van der Waals surface area contributed by atoms with Crippen LogP contribution < -0.4 is 0 Å². The van der Waals surface area contributed by atoms with Crippen LogP contribution in [0, 0.1) is 17.8 Å². The van der Waals surface area contributed by atoms with Crippen LogP contribution in [0.15, 0.2) is 12.2 Å². The van der Waals surface area contributed by atoms with Crippen molar-refractivity contribution in [3.8, 4) is 0 Å². The van der Waals surface area contributed by atoms with E-state index in [-0.39, 0.29) is 46.8 Å². The minimum Gasteiger partial charge on any atom is -0.413 e. The fraction of sp³-hybridized carbons (Fsp3) is 0.931. The molecule has 1 N–H and O–H groups in total. The smallest absolute Gasteiger partial charge is 0.192 e. The van der Waals surface area contributed by atoms with Gasteiger partial charge in [-0.25, -0.2) is 0 Å². The van der Waals surface area contributed by atoms with Gasteiger partial charge in [0, 0.05) is 25.6 Å². The third kappa shape index (κ3) is 10.4. The standard InChI is InChI=1S/C29H62O4Si2/c1-16-18-19-22(3)27(31-11)23(4)25(32-34(12,13)28(5,6)7)20-26(24(17-2)21-30)33-35(14,15)29(8,9)10/h16,18,22-27,30H,17,19-21H2,1-15H3/b18-16+/t22-,23-,24+,25+,26+,27+/m0/s1. The topological polar surface area (TPSA) is 47.9 Å². The molecule has 210 valence electrons. The predicted molar refractivity (Wildman–Crippen MR) is 158 cm³/mol. The molecule has 0 aliphatic rings. The summed E-state index contributed by atoms with van der Waals surface area (Å²) >= 11 is 0. The largest absolute Gasteiger partial charge is 0.413 e. The van der Waals surface area contributed by atoms with E-state index in [0.717, 1.165) is 19.3 Å². The summed E-state index contributed by atoms with van der Waals surface area (Å²) in [4.78, 5) is 0. The van der Waals surface area contributed by atoms with Crippen LogP contribution in [0.25, 0.3) is 0 Å². The summed E-state index contributed by atoms with van der Waals surface area (Å²) in [6, 6.07) is 0. The van der Waals surface area contributed by atoms with Crippen LogP contribution in [0.5, 0.6) is 0 Å². The molecule has 6 heteroatoms. The average Bonchev–Trinajstić information content (AvgIpc) is 2.70. The summed E-state index contributed by atoms with van der Waals surface area (Å²) in [6.45, 7) is 32.0. The number of rotatable bonds is 15. The molecule has 0 saturated carbocycles. The quantitative estimate of drug-likeness (QED) is 0.170. The van der Waals surface area contributed by atoms with E-state index >= 15 is 0 Å². The van der Waals surface area contributed by atoms with Crippen LogP contribution in [-0.4, -0.2) is 53.8 Å². The molecule has 0 aromatic heterocycles. The van der Waals surface area contributed by atoms with Crippen molar-refractivity contribution in [2.24, 2.45) is 17.8 Å². The molecule has 6 atom stereocenters. The van der Waals surface area contributed by atoms with Crippen molar-refractivity contribution in [3.05, 3.63) is 12.2 Å². The molecule has 35 heavy (non-hydrogen) atoms. The Kier molecular flexibility index (Phi) is 14.3. The first-order chi connectivity index (χ1) is 15.8. The van der Waals surface area contributed by atoms with E-state index in [4.69, 9.17) is 13.6 Å². The number of hydrogen-bond donors (Lipinski definition) is 1. The van der Waals surface area contributed by atoms with Crippen LogP contribution in [0.1, 0.15) is 88.5 Å². The zero-order valence-corrected chi connectivity index (χ0v) is 28.1. The van der Waals surface area contributed by atoms with E-state index in [0.29, 0.717) is 5.92 Å².